The third kappa shape index (κ3) is 4.35. The van der Waals surface area contributed by atoms with Gasteiger partial charge in [-0.15, -0.1) is 0 Å². The molecular weight excluding hydrogens is 476 g/mol. The molecule has 0 aliphatic rings. The molecule has 0 unspecified atom stereocenters. The summed E-state index contributed by atoms with van der Waals surface area (Å²) in [6.07, 6.45) is 0. The van der Waals surface area contributed by atoms with Crippen molar-refractivity contribution in [3.05, 3.63) is 70.1 Å². The summed E-state index contributed by atoms with van der Waals surface area (Å²) >= 11 is 7.23. The van der Waals surface area contributed by atoms with Crippen LogP contribution in [-0.2, 0) is 15.6 Å². The number of carbonyl (C=O) groups excluding carboxylic acids is 2. The first-order valence-electron chi connectivity index (χ1n) is 9.09. The maximum Gasteiger partial charge on any atom is 0.258 e. The number of hydrogen-bond donors (Lipinski definition) is 2. The van der Waals surface area contributed by atoms with Crippen molar-refractivity contribution < 1.29 is 22.5 Å². The second kappa shape index (κ2) is 8.34. The molecule has 2 aromatic heterocycles. The number of aryl methyl sites for hydroxylation is 1. The Bertz CT molecular complexity index is 1480. The number of fused-ring (bicyclic) bond motifs is 1. The van der Waals surface area contributed by atoms with Crippen LogP contribution < -0.4 is 11.1 Å². The Kier molecular flexibility index (Phi) is 5.71. The van der Waals surface area contributed by atoms with Crippen molar-refractivity contribution in [2.24, 2.45) is 5.73 Å². The molecule has 2 heterocycles. The number of nitrogens with one attached hydrogen (secondary N) is 1. The highest BCUT2D eigenvalue weighted by Crippen LogP contribution is 2.30. The molecule has 12 heteroatoms. The number of nitrogens with zero attached hydrogens (tertiary/aromatic N) is 2. The second-order valence-electron chi connectivity index (χ2n) is 6.82. The van der Waals surface area contributed by atoms with Gasteiger partial charge in [0.2, 0.25) is 5.91 Å². The van der Waals surface area contributed by atoms with Crippen LogP contribution in [0, 0.1) is 6.92 Å². The van der Waals surface area contributed by atoms with E-state index in [1.165, 1.54) is 30.3 Å². The van der Waals surface area contributed by atoms with Gasteiger partial charge in [0.1, 0.15) is 11.5 Å². The maximum atomic E-state index is 12.7. The number of anilines is 1. The summed E-state index contributed by atoms with van der Waals surface area (Å²) in [5, 5.41) is 6.53. The standard InChI is InChI=1S/C20H15ClN4O5S2/c1-10-7-11(25-30-10)9-32(28,29)12-5-6-15-16(8-12)31-20(23-15)24-19(27)14-4-2-3-13(17(14)21)18(22)26/h2-8H,9H2,1H3,(H2,22,26)(H,23,24,27). The van der Waals surface area contributed by atoms with E-state index >= 15 is 0 Å². The molecule has 2 aromatic carbocycles. The molecule has 4 aromatic rings. The van der Waals surface area contributed by atoms with Gasteiger partial charge in [0.15, 0.2) is 15.0 Å². The second-order valence-corrected chi connectivity index (χ2v) is 10.2. The van der Waals surface area contributed by atoms with E-state index in [-0.39, 0.29) is 31.9 Å². The van der Waals surface area contributed by atoms with E-state index < -0.39 is 21.7 Å². The molecule has 0 aliphatic heterocycles. The van der Waals surface area contributed by atoms with Gasteiger partial charge in [-0.1, -0.05) is 34.2 Å². The SMILES string of the molecule is Cc1cc(CS(=O)(=O)c2ccc3nc(NC(=O)c4cccc(C(N)=O)c4Cl)sc3c2)no1. The van der Waals surface area contributed by atoms with E-state index in [1.54, 1.807) is 19.1 Å². The minimum atomic E-state index is -3.66. The van der Waals surface area contributed by atoms with E-state index in [4.69, 9.17) is 21.9 Å². The van der Waals surface area contributed by atoms with Crippen molar-refractivity contribution in [3.8, 4) is 0 Å². The van der Waals surface area contributed by atoms with Crippen LogP contribution in [0.15, 0.2) is 51.9 Å². The van der Waals surface area contributed by atoms with Crippen molar-refractivity contribution in [2.45, 2.75) is 17.6 Å². The fourth-order valence-electron chi connectivity index (χ4n) is 2.98. The Hall–Kier alpha value is -3.28. The van der Waals surface area contributed by atoms with E-state index in [0.717, 1.165) is 11.3 Å². The van der Waals surface area contributed by atoms with E-state index in [2.05, 4.69) is 15.5 Å². The number of benzene rings is 2. The molecule has 0 atom stereocenters. The fraction of sp³-hybridized carbons (Fsp3) is 0.100. The monoisotopic (exact) mass is 490 g/mol. The van der Waals surface area contributed by atoms with Crippen LogP contribution >= 0.6 is 22.9 Å². The number of sulfone groups is 1. The third-order valence-corrected chi connectivity index (χ3v) is 7.45. The summed E-state index contributed by atoms with van der Waals surface area (Å²) in [5.41, 5.74) is 6.18. The van der Waals surface area contributed by atoms with Crippen LogP contribution in [0.4, 0.5) is 5.13 Å². The molecule has 0 radical (unpaired) electrons. The Morgan fingerprint density at radius 3 is 2.62 bits per heavy atom. The Morgan fingerprint density at radius 2 is 1.94 bits per heavy atom. The van der Waals surface area contributed by atoms with Crippen LogP contribution in [-0.4, -0.2) is 30.4 Å². The highest BCUT2D eigenvalue weighted by atomic mass is 35.5. The lowest BCUT2D eigenvalue weighted by Gasteiger charge is -2.06. The van der Waals surface area contributed by atoms with Gasteiger partial charge in [-0.3, -0.25) is 14.9 Å². The highest BCUT2D eigenvalue weighted by Gasteiger charge is 2.20. The van der Waals surface area contributed by atoms with Gasteiger partial charge in [0.25, 0.3) is 5.91 Å². The predicted molar refractivity (Wildman–Crippen MR) is 120 cm³/mol. The first-order chi connectivity index (χ1) is 15.1. The average molecular weight is 491 g/mol. The average Bonchev–Trinajstić information content (AvgIpc) is 3.31. The zero-order chi connectivity index (χ0) is 23.0. The molecule has 9 nitrogen and oxygen atoms in total. The molecule has 0 saturated heterocycles. The van der Waals surface area contributed by atoms with Crippen LogP contribution in [0.1, 0.15) is 32.2 Å². The lowest BCUT2D eigenvalue weighted by molar-refractivity contribution is 0.100. The van der Waals surface area contributed by atoms with Crippen molar-refractivity contribution in [3.63, 3.8) is 0 Å². The van der Waals surface area contributed by atoms with E-state index in [0.29, 0.717) is 21.7 Å². The molecular formula is C20H15ClN4O5S2. The zero-order valence-electron chi connectivity index (χ0n) is 16.5. The van der Waals surface area contributed by atoms with Gasteiger partial charge in [-0.2, -0.15) is 0 Å². The van der Waals surface area contributed by atoms with Gasteiger partial charge in [-0.25, -0.2) is 13.4 Å². The van der Waals surface area contributed by atoms with Gasteiger partial charge in [-0.05, 0) is 37.3 Å². The van der Waals surface area contributed by atoms with E-state index in [1.807, 2.05) is 0 Å². The lowest BCUT2D eigenvalue weighted by Crippen LogP contribution is -2.16. The summed E-state index contributed by atoms with van der Waals surface area (Å²) in [6.45, 7) is 1.68. The third-order valence-electron chi connectivity index (χ3n) is 4.46. The largest absolute Gasteiger partial charge is 0.366 e. The fourth-order valence-corrected chi connectivity index (χ4v) is 5.52. The van der Waals surface area contributed by atoms with Crippen LogP contribution in [0.2, 0.25) is 5.02 Å². The minimum Gasteiger partial charge on any atom is -0.366 e. The molecule has 3 N–H and O–H groups in total. The van der Waals surface area contributed by atoms with Crippen molar-refractivity contribution in [1.29, 1.82) is 0 Å². The Labute approximate surface area is 191 Å². The van der Waals surface area contributed by atoms with Gasteiger partial charge < -0.3 is 10.3 Å². The molecule has 0 saturated carbocycles. The van der Waals surface area contributed by atoms with Gasteiger partial charge in [0.05, 0.1) is 37.0 Å². The predicted octanol–water partition coefficient (Wildman–Crippen LogP) is 3.57. The maximum absolute atomic E-state index is 12.7. The first kappa shape index (κ1) is 21.9. The van der Waals surface area contributed by atoms with Crippen molar-refractivity contribution in [1.82, 2.24) is 10.1 Å². The molecule has 0 spiro atoms. The van der Waals surface area contributed by atoms with Gasteiger partial charge in [0, 0.05) is 6.07 Å². The lowest BCUT2D eigenvalue weighted by atomic mass is 10.1. The smallest absolute Gasteiger partial charge is 0.258 e. The molecule has 0 aliphatic carbocycles. The van der Waals surface area contributed by atoms with Crippen LogP contribution in [0.25, 0.3) is 10.2 Å². The Balaban J connectivity index is 1.59. The molecule has 0 fully saturated rings. The quantitative estimate of drug-likeness (QED) is 0.420. The van der Waals surface area contributed by atoms with Crippen LogP contribution in [0.3, 0.4) is 0 Å². The zero-order valence-corrected chi connectivity index (χ0v) is 18.8. The minimum absolute atomic E-state index is 0.0285. The van der Waals surface area contributed by atoms with Crippen LogP contribution in [0.5, 0.6) is 0 Å². The normalized spacial score (nSPS) is 11.6. The number of carbonyl (C=O) groups is 2. The molecule has 164 valence electrons. The van der Waals surface area contributed by atoms with E-state index in [9.17, 15) is 18.0 Å². The topological polar surface area (TPSA) is 145 Å². The van der Waals surface area contributed by atoms with Gasteiger partial charge >= 0.3 is 0 Å². The molecule has 2 amide bonds. The summed E-state index contributed by atoms with van der Waals surface area (Å²) in [6, 6.07) is 10.4. The van der Waals surface area contributed by atoms with Crippen molar-refractivity contribution in [2.75, 3.05) is 5.32 Å². The summed E-state index contributed by atoms with van der Waals surface area (Å²) in [5.74, 6) is -1.10. The number of halogens is 1. The molecule has 32 heavy (non-hydrogen) atoms. The number of amides is 2. The first-order valence-corrected chi connectivity index (χ1v) is 11.9. The Morgan fingerprint density at radius 1 is 1.19 bits per heavy atom. The van der Waals surface area contributed by atoms with Crippen molar-refractivity contribution >= 4 is 59.9 Å². The highest BCUT2D eigenvalue weighted by molar-refractivity contribution is 7.90. The molecule has 0 bridgehead atoms. The number of hydrogen-bond acceptors (Lipinski definition) is 8. The summed E-state index contributed by atoms with van der Waals surface area (Å²) in [7, 11) is -3.66. The summed E-state index contributed by atoms with van der Waals surface area (Å²) < 4.78 is 30.9. The molecule has 4 rings (SSSR count). The number of thiazole rings is 1. The number of nitrogens with two attached hydrogens (primary N) is 1. The summed E-state index contributed by atoms with van der Waals surface area (Å²) in [4.78, 5) is 28.5. The number of aromatic nitrogens is 2. The number of rotatable bonds is 6. The number of primary amides is 1.